The lowest BCUT2D eigenvalue weighted by atomic mass is 10.1. The topological polar surface area (TPSA) is 75.7 Å². The molecular weight excluding hydrogens is 194 g/mol. The maximum atomic E-state index is 9.45. The summed E-state index contributed by atoms with van der Waals surface area (Å²) in [6.45, 7) is 2.57. The fraction of sp³-hybridized carbons (Fsp3) is 0.455. The van der Waals surface area contributed by atoms with Gasteiger partial charge >= 0.3 is 0 Å². The quantitative estimate of drug-likeness (QED) is 0.668. The Balaban J connectivity index is 2.77. The first-order valence-electron chi connectivity index (χ1n) is 5.00. The molecule has 1 atom stereocenters. The number of aliphatic hydroxyl groups is 1. The van der Waals surface area contributed by atoms with Crippen molar-refractivity contribution in [2.75, 3.05) is 13.2 Å². The fourth-order valence-corrected chi connectivity index (χ4v) is 1.31. The Morgan fingerprint density at radius 1 is 1.47 bits per heavy atom. The highest BCUT2D eigenvalue weighted by Gasteiger charge is 2.07. The summed E-state index contributed by atoms with van der Waals surface area (Å²) in [5.74, 6) is 0.557. The van der Waals surface area contributed by atoms with Crippen LogP contribution in [0.4, 0.5) is 0 Å². The first-order valence-corrected chi connectivity index (χ1v) is 5.00. The van der Waals surface area contributed by atoms with Gasteiger partial charge in [0.2, 0.25) is 0 Å². The van der Waals surface area contributed by atoms with Gasteiger partial charge in [-0.1, -0.05) is 6.07 Å². The molecule has 1 rings (SSSR count). The van der Waals surface area contributed by atoms with Gasteiger partial charge in [0.05, 0.1) is 12.7 Å². The Bertz CT molecular complexity index is 315. The van der Waals surface area contributed by atoms with E-state index in [4.69, 9.17) is 10.5 Å². The predicted molar refractivity (Wildman–Crippen MR) is 58.0 cm³/mol. The van der Waals surface area contributed by atoms with Gasteiger partial charge in [-0.05, 0) is 31.0 Å². The minimum Gasteiger partial charge on any atom is -0.504 e. The lowest BCUT2D eigenvalue weighted by Crippen LogP contribution is -2.21. The van der Waals surface area contributed by atoms with Crippen molar-refractivity contribution < 1.29 is 14.9 Å². The second-order valence-electron chi connectivity index (χ2n) is 3.33. The third-order valence-electron chi connectivity index (χ3n) is 2.07. The standard InChI is InChI=1S/C11H17NO3/c1-2-15-11-6-8(3-4-10(11)14)5-9(13)7-12/h3-4,6,9,13-14H,2,5,7,12H2,1H3. The van der Waals surface area contributed by atoms with E-state index >= 15 is 0 Å². The summed E-state index contributed by atoms with van der Waals surface area (Å²) >= 11 is 0. The van der Waals surface area contributed by atoms with Crippen molar-refractivity contribution in [2.24, 2.45) is 5.73 Å². The average molecular weight is 211 g/mol. The van der Waals surface area contributed by atoms with Crippen LogP contribution in [0.15, 0.2) is 18.2 Å². The molecular formula is C11H17NO3. The molecule has 0 aromatic heterocycles. The van der Waals surface area contributed by atoms with Gasteiger partial charge in [0.25, 0.3) is 0 Å². The third kappa shape index (κ3) is 3.42. The molecule has 0 aliphatic heterocycles. The second-order valence-corrected chi connectivity index (χ2v) is 3.33. The van der Waals surface area contributed by atoms with E-state index in [1.54, 1.807) is 18.2 Å². The molecule has 0 radical (unpaired) electrons. The molecule has 0 spiro atoms. The number of aromatic hydroxyl groups is 1. The molecule has 0 fully saturated rings. The van der Waals surface area contributed by atoms with Gasteiger partial charge in [0.1, 0.15) is 0 Å². The SMILES string of the molecule is CCOc1cc(CC(O)CN)ccc1O. The van der Waals surface area contributed by atoms with Crippen molar-refractivity contribution in [2.45, 2.75) is 19.4 Å². The maximum Gasteiger partial charge on any atom is 0.161 e. The highest BCUT2D eigenvalue weighted by molar-refractivity contribution is 5.42. The van der Waals surface area contributed by atoms with Crippen LogP contribution >= 0.6 is 0 Å². The van der Waals surface area contributed by atoms with Crippen LogP contribution in [0.5, 0.6) is 11.5 Å². The van der Waals surface area contributed by atoms with Crippen molar-refractivity contribution in [3.8, 4) is 11.5 Å². The van der Waals surface area contributed by atoms with Crippen LogP contribution in [-0.4, -0.2) is 29.5 Å². The Labute approximate surface area is 89.3 Å². The van der Waals surface area contributed by atoms with Gasteiger partial charge in [0.15, 0.2) is 11.5 Å². The number of hydrogen-bond donors (Lipinski definition) is 3. The molecule has 0 amide bonds. The van der Waals surface area contributed by atoms with E-state index in [-0.39, 0.29) is 12.3 Å². The van der Waals surface area contributed by atoms with E-state index in [0.29, 0.717) is 18.8 Å². The van der Waals surface area contributed by atoms with Gasteiger partial charge in [0, 0.05) is 6.54 Å². The first-order chi connectivity index (χ1) is 7.17. The Kier molecular flexibility index (Phi) is 4.39. The number of rotatable bonds is 5. The summed E-state index contributed by atoms with van der Waals surface area (Å²) in [6, 6.07) is 5.03. The molecule has 1 aromatic carbocycles. The summed E-state index contributed by atoms with van der Waals surface area (Å²) < 4.78 is 5.23. The van der Waals surface area contributed by atoms with Crippen molar-refractivity contribution in [1.82, 2.24) is 0 Å². The lowest BCUT2D eigenvalue weighted by Gasteiger charge is -2.10. The van der Waals surface area contributed by atoms with E-state index in [2.05, 4.69) is 0 Å². The van der Waals surface area contributed by atoms with E-state index in [0.717, 1.165) is 5.56 Å². The van der Waals surface area contributed by atoms with Gasteiger partial charge in [-0.2, -0.15) is 0 Å². The minimum atomic E-state index is -0.552. The van der Waals surface area contributed by atoms with Crippen molar-refractivity contribution in [3.63, 3.8) is 0 Å². The maximum absolute atomic E-state index is 9.45. The molecule has 15 heavy (non-hydrogen) atoms. The van der Waals surface area contributed by atoms with Crippen LogP contribution in [0.25, 0.3) is 0 Å². The molecule has 0 saturated carbocycles. The zero-order valence-electron chi connectivity index (χ0n) is 8.81. The summed E-state index contributed by atoms with van der Waals surface area (Å²) in [4.78, 5) is 0. The molecule has 0 aliphatic rings. The van der Waals surface area contributed by atoms with Crippen LogP contribution in [0.3, 0.4) is 0 Å². The van der Waals surface area contributed by atoms with Crippen LogP contribution < -0.4 is 10.5 Å². The molecule has 0 bridgehead atoms. The summed E-state index contributed by atoms with van der Waals surface area (Å²) in [7, 11) is 0. The number of benzene rings is 1. The number of phenolic OH excluding ortho intramolecular Hbond substituents is 1. The Morgan fingerprint density at radius 3 is 2.80 bits per heavy atom. The van der Waals surface area contributed by atoms with Crippen molar-refractivity contribution in [3.05, 3.63) is 23.8 Å². The zero-order valence-corrected chi connectivity index (χ0v) is 8.81. The van der Waals surface area contributed by atoms with Gasteiger partial charge in [-0.15, -0.1) is 0 Å². The summed E-state index contributed by atoms with van der Waals surface area (Å²) in [5.41, 5.74) is 6.21. The van der Waals surface area contributed by atoms with Crippen molar-refractivity contribution in [1.29, 1.82) is 0 Å². The Hall–Kier alpha value is -1.26. The van der Waals surface area contributed by atoms with Crippen LogP contribution in [0, 0.1) is 0 Å². The summed E-state index contributed by atoms with van der Waals surface area (Å²) in [5, 5.41) is 18.8. The predicted octanol–water partition coefficient (Wildman–Crippen LogP) is 0.653. The molecule has 4 N–H and O–H groups in total. The van der Waals surface area contributed by atoms with E-state index in [1.165, 1.54) is 0 Å². The molecule has 84 valence electrons. The number of aliphatic hydroxyl groups excluding tert-OH is 1. The molecule has 0 aliphatic carbocycles. The first kappa shape index (κ1) is 11.8. The molecule has 4 nitrogen and oxygen atoms in total. The second kappa shape index (κ2) is 5.58. The number of nitrogens with two attached hydrogens (primary N) is 1. The molecule has 1 unspecified atom stereocenters. The largest absolute Gasteiger partial charge is 0.504 e. The average Bonchev–Trinajstić information content (AvgIpc) is 2.23. The number of ether oxygens (including phenoxy) is 1. The van der Waals surface area contributed by atoms with E-state index < -0.39 is 6.10 Å². The normalized spacial score (nSPS) is 12.5. The highest BCUT2D eigenvalue weighted by Crippen LogP contribution is 2.27. The van der Waals surface area contributed by atoms with E-state index in [9.17, 15) is 10.2 Å². The number of hydrogen-bond acceptors (Lipinski definition) is 4. The minimum absolute atomic E-state index is 0.114. The molecule has 0 saturated heterocycles. The zero-order chi connectivity index (χ0) is 11.3. The van der Waals surface area contributed by atoms with Crippen LogP contribution in [0.2, 0.25) is 0 Å². The van der Waals surface area contributed by atoms with Crippen molar-refractivity contribution >= 4 is 0 Å². The summed E-state index contributed by atoms with van der Waals surface area (Å²) in [6.07, 6.45) is -0.0827. The molecule has 0 heterocycles. The third-order valence-corrected chi connectivity index (χ3v) is 2.07. The van der Waals surface area contributed by atoms with Crippen LogP contribution in [-0.2, 0) is 6.42 Å². The van der Waals surface area contributed by atoms with Gasteiger partial charge in [-0.3, -0.25) is 0 Å². The highest BCUT2D eigenvalue weighted by atomic mass is 16.5. The van der Waals surface area contributed by atoms with Gasteiger partial charge < -0.3 is 20.7 Å². The molecule has 1 aromatic rings. The Morgan fingerprint density at radius 2 is 2.20 bits per heavy atom. The fourth-order valence-electron chi connectivity index (χ4n) is 1.31. The monoisotopic (exact) mass is 211 g/mol. The number of phenols is 1. The molecule has 4 heteroatoms. The lowest BCUT2D eigenvalue weighted by molar-refractivity contribution is 0.183. The van der Waals surface area contributed by atoms with E-state index in [1.807, 2.05) is 6.92 Å². The smallest absolute Gasteiger partial charge is 0.161 e. The van der Waals surface area contributed by atoms with Gasteiger partial charge in [-0.25, -0.2) is 0 Å². The van der Waals surface area contributed by atoms with Crippen LogP contribution in [0.1, 0.15) is 12.5 Å².